The number of aromatic nitrogens is 2. The molecule has 4 nitrogen and oxygen atoms in total. The molecule has 0 N–H and O–H groups in total. The van der Waals surface area contributed by atoms with Gasteiger partial charge in [0.15, 0.2) is 0 Å². The van der Waals surface area contributed by atoms with Crippen molar-refractivity contribution in [1.29, 1.82) is 0 Å². The molecule has 1 aliphatic rings. The van der Waals surface area contributed by atoms with Crippen molar-refractivity contribution < 1.29 is 0 Å². The summed E-state index contributed by atoms with van der Waals surface area (Å²) in [6.07, 6.45) is 2.53. The Morgan fingerprint density at radius 2 is 1.53 bits per heavy atom. The van der Waals surface area contributed by atoms with Crippen LogP contribution in [0.2, 0.25) is 0 Å². The van der Waals surface area contributed by atoms with Crippen LogP contribution in [0.1, 0.15) is 18.4 Å². The maximum absolute atomic E-state index is 4.87. The van der Waals surface area contributed by atoms with Gasteiger partial charge in [0, 0.05) is 25.2 Å². The summed E-state index contributed by atoms with van der Waals surface area (Å²) in [5.74, 6) is 1.01. The lowest BCUT2D eigenvalue weighted by atomic mass is 10.0. The molecular weight excluding hydrogens is 392 g/mol. The Morgan fingerprint density at radius 3 is 2.22 bits per heavy atom. The van der Waals surface area contributed by atoms with Crippen LogP contribution in [-0.2, 0) is 13.6 Å². The van der Waals surface area contributed by atoms with E-state index in [1.165, 1.54) is 42.6 Å². The van der Waals surface area contributed by atoms with Crippen LogP contribution in [0.25, 0.3) is 33.5 Å². The molecule has 1 fully saturated rings. The third-order valence-electron chi connectivity index (χ3n) is 6.89. The van der Waals surface area contributed by atoms with Crippen LogP contribution in [0.15, 0.2) is 72.8 Å². The number of fused-ring (bicyclic) bond motifs is 1. The highest BCUT2D eigenvalue weighted by molar-refractivity contribution is 5.85. The molecule has 0 aliphatic carbocycles. The van der Waals surface area contributed by atoms with E-state index in [4.69, 9.17) is 4.98 Å². The summed E-state index contributed by atoms with van der Waals surface area (Å²) in [5.41, 5.74) is 7.22. The van der Waals surface area contributed by atoms with Gasteiger partial charge in [-0.05, 0) is 68.8 Å². The van der Waals surface area contributed by atoms with Gasteiger partial charge in [-0.15, -0.1) is 0 Å². The Morgan fingerprint density at radius 1 is 0.844 bits per heavy atom. The fourth-order valence-electron chi connectivity index (χ4n) is 4.87. The van der Waals surface area contributed by atoms with Gasteiger partial charge in [0.1, 0.15) is 5.82 Å². The van der Waals surface area contributed by atoms with Crippen molar-refractivity contribution in [2.45, 2.75) is 25.4 Å². The lowest BCUT2D eigenvalue weighted by Crippen LogP contribution is -2.41. The summed E-state index contributed by atoms with van der Waals surface area (Å²) in [4.78, 5) is 9.82. The summed E-state index contributed by atoms with van der Waals surface area (Å²) in [6, 6.07) is 26.8. The second-order valence-corrected chi connectivity index (χ2v) is 9.23. The van der Waals surface area contributed by atoms with Crippen molar-refractivity contribution in [1.82, 2.24) is 19.4 Å². The lowest BCUT2D eigenvalue weighted by molar-refractivity contribution is 0.140. The number of benzene rings is 3. The molecule has 4 aromatic rings. The topological polar surface area (TPSA) is 24.3 Å². The molecule has 1 saturated heterocycles. The number of piperidine rings is 1. The van der Waals surface area contributed by atoms with Crippen LogP contribution in [0, 0.1) is 0 Å². The van der Waals surface area contributed by atoms with Gasteiger partial charge in [0.2, 0.25) is 0 Å². The van der Waals surface area contributed by atoms with E-state index in [0.29, 0.717) is 0 Å². The van der Waals surface area contributed by atoms with Gasteiger partial charge in [-0.25, -0.2) is 4.98 Å². The lowest BCUT2D eigenvalue weighted by Gasteiger charge is -2.35. The number of hydrogen-bond acceptors (Lipinski definition) is 3. The van der Waals surface area contributed by atoms with Gasteiger partial charge >= 0.3 is 0 Å². The Bertz CT molecular complexity index is 1180. The van der Waals surface area contributed by atoms with E-state index in [9.17, 15) is 0 Å². The molecule has 164 valence electrons. The highest BCUT2D eigenvalue weighted by Gasteiger charge is 2.20. The fourth-order valence-corrected chi connectivity index (χ4v) is 4.87. The smallest absolute Gasteiger partial charge is 0.140 e. The minimum Gasteiger partial charge on any atom is -0.327 e. The van der Waals surface area contributed by atoms with Crippen molar-refractivity contribution in [3.05, 3.63) is 78.4 Å². The molecule has 1 aromatic heterocycles. The van der Waals surface area contributed by atoms with Crippen LogP contribution >= 0.6 is 0 Å². The van der Waals surface area contributed by atoms with Gasteiger partial charge in [0.25, 0.3) is 0 Å². The van der Waals surface area contributed by atoms with Crippen LogP contribution < -0.4 is 0 Å². The van der Waals surface area contributed by atoms with E-state index < -0.39 is 0 Å². The average molecular weight is 425 g/mol. The van der Waals surface area contributed by atoms with E-state index in [1.54, 1.807) is 0 Å². The number of likely N-dealkylation sites (tertiary alicyclic amines) is 1. The highest BCUT2D eigenvalue weighted by Crippen LogP contribution is 2.28. The Balaban J connectivity index is 1.33. The van der Waals surface area contributed by atoms with E-state index in [-0.39, 0.29) is 0 Å². The van der Waals surface area contributed by atoms with Crippen molar-refractivity contribution in [2.75, 3.05) is 27.2 Å². The normalized spacial score (nSPS) is 15.6. The molecule has 0 unspecified atom stereocenters. The number of hydrogen-bond donors (Lipinski definition) is 0. The second kappa shape index (κ2) is 8.89. The largest absolute Gasteiger partial charge is 0.327 e. The SMILES string of the molecule is CN(C)C1CCN(Cc2ccc(-c3ccc4nc(-c5ccccc5)n(C)c4c3)cc2)CC1. The van der Waals surface area contributed by atoms with Crippen molar-refractivity contribution in [3.63, 3.8) is 0 Å². The quantitative estimate of drug-likeness (QED) is 0.427. The van der Waals surface area contributed by atoms with Crippen molar-refractivity contribution in [3.8, 4) is 22.5 Å². The molecule has 32 heavy (non-hydrogen) atoms. The molecule has 0 amide bonds. The average Bonchev–Trinajstić information content (AvgIpc) is 3.16. The molecule has 0 bridgehead atoms. The Labute approximate surface area is 191 Å². The van der Waals surface area contributed by atoms with E-state index in [0.717, 1.165) is 35.0 Å². The molecule has 5 rings (SSSR count). The molecule has 0 radical (unpaired) electrons. The highest BCUT2D eigenvalue weighted by atomic mass is 15.2. The van der Waals surface area contributed by atoms with E-state index in [2.05, 4.69) is 102 Å². The van der Waals surface area contributed by atoms with Crippen molar-refractivity contribution >= 4 is 11.0 Å². The van der Waals surface area contributed by atoms with Gasteiger partial charge < -0.3 is 9.47 Å². The number of rotatable bonds is 5. The summed E-state index contributed by atoms with van der Waals surface area (Å²) >= 11 is 0. The maximum atomic E-state index is 4.87. The fraction of sp³-hybridized carbons (Fsp3) is 0.321. The van der Waals surface area contributed by atoms with Crippen molar-refractivity contribution in [2.24, 2.45) is 7.05 Å². The zero-order chi connectivity index (χ0) is 22.1. The van der Waals surface area contributed by atoms with Crippen LogP contribution in [0.5, 0.6) is 0 Å². The maximum Gasteiger partial charge on any atom is 0.140 e. The molecule has 0 spiro atoms. The number of aryl methyl sites for hydroxylation is 1. The zero-order valence-electron chi connectivity index (χ0n) is 19.3. The second-order valence-electron chi connectivity index (χ2n) is 9.23. The number of imidazole rings is 1. The van der Waals surface area contributed by atoms with E-state index >= 15 is 0 Å². The van der Waals surface area contributed by atoms with Crippen LogP contribution in [0.3, 0.4) is 0 Å². The first kappa shape index (κ1) is 20.9. The first-order chi connectivity index (χ1) is 15.6. The van der Waals surface area contributed by atoms with Gasteiger partial charge in [-0.1, -0.05) is 60.7 Å². The summed E-state index contributed by atoms with van der Waals surface area (Å²) in [6.45, 7) is 3.42. The predicted octanol–water partition coefficient (Wildman–Crippen LogP) is 5.43. The molecule has 2 heterocycles. The van der Waals surface area contributed by atoms with Crippen LogP contribution in [-0.4, -0.2) is 52.6 Å². The minimum absolute atomic E-state index is 0.734. The molecule has 0 atom stereocenters. The molecule has 1 aliphatic heterocycles. The Kier molecular flexibility index (Phi) is 5.81. The monoisotopic (exact) mass is 424 g/mol. The summed E-state index contributed by atoms with van der Waals surface area (Å²) < 4.78 is 2.19. The first-order valence-corrected chi connectivity index (χ1v) is 11.6. The predicted molar refractivity (Wildman–Crippen MR) is 134 cm³/mol. The number of nitrogens with zero attached hydrogens (tertiary/aromatic N) is 4. The molecular formula is C28H32N4. The van der Waals surface area contributed by atoms with Crippen LogP contribution in [0.4, 0.5) is 0 Å². The molecule has 0 saturated carbocycles. The summed E-state index contributed by atoms with van der Waals surface area (Å²) in [5, 5.41) is 0. The standard InChI is InChI=1S/C28H32N4/c1-30(2)25-15-17-32(18-16-25)20-21-9-11-22(12-10-21)24-13-14-26-27(19-24)31(3)28(29-26)23-7-5-4-6-8-23/h4-14,19,25H,15-18,20H2,1-3H3. The molecule has 4 heteroatoms. The molecule has 3 aromatic carbocycles. The minimum atomic E-state index is 0.734. The third-order valence-corrected chi connectivity index (χ3v) is 6.89. The summed E-state index contributed by atoms with van der Waals surface area (Å²) in [7, 11) is 6.50. The van der Waals surface area contributed by atoms with Gasteiger partial charge in [-0.2, -0.15) is 0 Å². The van der Waals surface area contributed by atoms with Gasteiger partial charge in [0.05, 0.1) is 11.0 Å². The van der Waals surface area contributed by atoms with E-state index in [1.807, 2.05) is 6.07 Å². The third kappa shape index (κ3) is 4.21. The van der Waals surface area contributed by atoms with Gasteiger partial charge in [-0.3, -0.25) is 4.90 Å². The Hall–Kier alpha value is -2.95. The zero-order valence-corrected chi connectivity index (χ0v) is 19.3. The first-order valence-electron chi connectivity index (χ1n) is 11.6.